The fourth-order valence-corrected chi connectivity index (χ4v) is 5.21. The van der Waals surface area contributed by atoms with Crippen LogP contribution < -0.4 is 0 Å². The van der Waals surface area contributed by atoms with Crippen LogP contribution >= 0.6 is 0 Å². The van der Waals surface area contributed by atoms with Gasteiger partial charge in [0.05, 0.1) is 0 Å². The average molecular weight is 295 g/mol. The molecule has 3 aromatic carbocycles. The Balaban J connectivity index is 2.00. The van der Waals surface area contributed by atoms with E-state index in [4.69, 9.17) is 0 Å². The molecule has 0 saturated heterocycles. The zero-order valence-electron chi connectivity index (χ0n) is 12.2. The summed E-state index contributed by atoms with van der Waals surface area (Å²) >= 11 is 0. The van der Waals surface area contributed by atoms with E-state index in [1.54, 1.807) is 0 Å². The monoisotopic (exact) mass is 295 g/mol. The van der Waals surface area contributed by atoms with E-state index in [1.807, 2.05) is 0 Å². The molecule has 2 bridgehead atoms. The van der Waals surface area contributed by atoms with E-state index >= 15 is 0 Å². The lowest BCUT2D eigenvalue weighted by molar-refractivity contribution is 0.593. The molecule has 0 aromatic heterocycles. The molecule has 0 amide bonds. The summed E-state index contributed by atoms with van der Waals surface area (Å²) in [6, 6.07) is 27.8. The van der Waals surface area contributed by atoms with Crippen LogP contribution in [0.1, 0.15) is 39.3 Å². The van der Waals surface area contributed by atoms with E-state index in [0.29, 0.717) is 5.92 Å². The second-order valence-corrected chi connectivity index (χ2v) is 6.63. The second-order valence-electron chi connectivity index (χ2n) is 6.28. The Labute approximate surface area is 134 Å². The highest BCUT2D eigenvalue weighted by Gasteiger charge is 2.49. The zero-order chi connectivity index (χ0) is 14.7. The van der Waals surface area contributed by atoms with Crippen molar-refractivity contribution < 1.29 is 0 Å². The quantitative estimate of drug-likeness (QED) is 0.583. The van der Waals surface area contributed by atoms with Crippen LogP contribution in [0.5, 0.6) is 0 Å². The van der Waals surface area contributed by atoms with Gasteiger partial charge in [0, 0.05) is 21.6 Å². The Morgan fingerprint density at radius 2 is 1.00 bits per heavy atom. The molecular formula is C21H15Si. The minimum absolute atomic E-state index is 0.0601. The minimum atomic E-state index is -0.0601. The third kappa shape index (κ3) is 1.25. The van der Waals surface area contributed by atoms with Gasteiger partial charge in [-0.05, 0) is 39.4 Å². The van der Waals surface area contributed by atoms with Crippen LogP contribution in [0.15, 0.2) is 72.8 Å². The van der Waals surface area contributed by atoms with Crippen molar-refractivity contribution in [2.45, 2.75) is 17.4 Å². The van der Waals surface area contributed by atoms with Crippen LogP contribution in [0.3, 0.4) is 0 Å². The van der Waals surface area contributed by atoms with Crippen LogP contribution in [0.2, 0.25) is 6.04 Å². The molecule has 0 N–H and O–H groups in total. The maximum atomic E-state index is 3.92. The average Bonchev–Trinajstić information content (AvgIpc) is 2.61. The van der Waals surface area contributed by atoms with Crippen LogP contribution in [-0.2, 0) is 5.41 Å². The van der Waals surface area contributed by atoms with Gasteiger partial charge in [-0.25, -0.2) is 0 Å². The minimum Gasteiger partial charge on any atom is -0.0619 e. The van der Waals surface area contributed by atoms with E-state index in [2.05, 4.69) is 83.0 Å². The van der Waals surface area contributed by atoms with Gasteiger partial charge < -0.3 is 0 Å². The second kappa shape index (κ2) is 4.20. The number of rotatable bonds is 1. The summed E-state index contributed by atoms with van der Waals surface area (Å²) in [4.78, 5) is 0. The van der Waals surface area contributed by atoms with Gasteiger partial charge in [0.25, 0.3) is 0 Å². The first kappa shape index (κ1) is 12.4. The van der Waals surface area contributed by atoms with Gasteiger partial charge in [0.15, 0.2) is 0 Å². The van der Waals surface area contributed by atoms with Crippen molar-refractivity contribution in [3.63, 3.8) is 0 Å². The Morgan fingerprint density at radius 1 is 0.636 bits per heavy atom. The van der Waals surface area contributed by atoms with E-state index in [-0.39, 0.29) is 5.41 Å². The lowest BCUT2D eigenvalue weighted by atomic mass is 9.53. The molecule has 3 aliphatic rings. The Bertz CT molecular complexity index is 778. The molecule has 0 aliphatic heterocycles. The van der Waals surface area contributed by atoms with E-state index in [1.165, 1.54) is 33.4 Å². The van der Waals surface area contributed by atoms with Crippen LogP contribution in [0.4, 0.5) is 0 Å². The smallest absolute Gasteiger partial charge is 0.0430 e. The van der Waals surface area contributed by atoms with Gasteiger partial charge in [0.1, 0.15) is 0 Å². The van der Waals surface area contributed by atoms with Gasteiger partial charge in [-0.3, -0.25) is 0 Å². The van der Waals surface area contributed by atoms with Crippen molar-refractivity contribution in [2.75, 3.05) is 0 Å². The van der Waals surface area contributed by atoms with Gasteiger partial charge in [-0.2, -0.15) is 0 Å². The molecule has 0 atom stereocenters. The van der Waals surface area contributed by atoms with E-state index in [0.717, 1.165) is 6.04 Å². The highest BCUT2D eigenvalue weighted by molar-refractivity contribution is 6.10. The molecule has 0 heterocycles. The largest absolute Gasteiger partial charge is 0.0619 e. The summed E-state index contributed by atoms with van der Waals surface area (Å²) in [5.74, 6) is 0.378. The molecule has 22 heavy (non-hydrogen) atoms. The molecule has 3 aliphatic carbocycles. The van der Waals surface area contributed by atoms with Gasteiger partial charge in [0.2, 0.25) is 0 Å². The van der Waals surface area contributed by atoms with Crippen molar-refractivity contribution in [2.24, 2.45) is 0 Å². The lowest BCUT2D eigenvalue weighted by Gasteiger charge is -2.50. The molecular weight excluding hydrogens is 280 g/mol. The third-order valence-corrected chi connectivity index (χ3v) is 5.99. The molecule has 103 valence electrons. The van der Waals surface area contributed by atoms with Crippen molar-refractivity contribution in [1.29, 1.82) is 0 Å². The first-order valence-electron chi connectivity index (χ1n) is 7.81. The first-order chi connectivity index (χ1) is 10.9. The van der Waals surface area contributed by atoms with Crippen LogP contribution in [-0.4, -0.2) is 10.2 Å². The lowest BCUT2D eigenvalue weighted by Crippen LogP contribution is -2.41. The summed E-state index contributed by atoms with van der Waals surface area (Å²) < 4.78 is 0. The van der Waals surface area contributed by atoms with Crippen molar-refractivity contribution in [3.05, 3.63) is 106 Å². The fraction of sp³-hybridized carbons (Fsp3) is 0.143. The maximum Gasteiger partial charge on any atom is 0.0430 e. The Hall–Kier alpha value is -2.12. The molecule has 1 heteroatoms. The standard InChI is InChI=1S/C21H15Si/c22-13-21-17-10-4-1-7-14(17)20(15-8-2-5-11-18(15)21)16-9-3-6-12-19(16)21/h1-12,20H,13H2. The predicted octanol–water partition coefficient (Wildman–Crippen LogP) is 4.41. The van der Waals surface area contributed by atoms with Crippen molar-refractivity contribution in [3.8, 4) is 0 Å². The summed E-state index contributed by atoms with van der Waals surface area (Å²) in [7, 11) is 3.92. The first-order valence-corrected chi connectivity index (χ1v) is 8.51. The van der Waals surface area contributed by atoms with Gasteiger partial charge in [-0.1, -0.05) is 72.8 Å². The fourth-order valence-electron chi connectivity index (χ4n) is 4.64. The van der Waals surface area contributed by atoms with Crippen LogP contribution in [0.25, 0.3) is 0 Å². The molecule has 0 spiro atoms. The summed E-state index contributed by atoms with van der Waals surface area (Å²) in [6.45, 7) is 0. The van der Waals surface area contributed by atoms with Gasteiger partial charge in [-0.15, -0.1) is 0 Å². The molecule has 3 radical (unpaired) electrons. The highest BCUT2D eigenvalue weighted by Crippen LogP contribution is 2.59. The zero-order valence-corrected chi connectivity index (χ0v) is 13.2. The summed E-state index contributed by atoms with van der Waals surface area (Å²) in [6.07, 6.45) is 0. The summed E-state index contributed by atoms with van der Waals surface area (Å²) in [5, 5.41) is 0. The Morgan fingerprint density at radius 3 is 1.36 bits per heavy atom. The van der Waals surface area contributed by atoms with Crippen molar-refractivity contribution in [1.82, 2.24) is 0 Å². The summed E-state index contributed by atoms with van der Waals surface area (Å²) in [5.41, 5.74) is 8.75. The molecule has 0 nitrogen and oxygen atoms in total. The predicted molar refractivity (Wildman–Crippen MR) is 90.7 cm³/mol. The van der Waals surface area contributed by atoms with E-state index < -0.39 is 0 Å². The van der Waals surface area contributed by atoms with Crippen molar-refractivity contribution >= 4 is 10.2 Å². The Kier molecular flexibility index (Phi) is 2.37. The topological polar surface area (TPSA) is 0 Å². The molecule has 0 saturated carbocycles. The molecule has 6 rings (SSSR count). The highest BCUT2D eigenvalue weighted by atomic mass is 28.1. The maximum absolute atomic E-state index is 3.92. The molecule has 3 aromatic rings. The number of hydrogen-bond donors (Lipinski definition) is 0. The van der Waals surface area contributed by atoms with E-state index in [9.17, 15) is 0 Å². The van der Waals surface area contributed by atoms with Crippen LogP contribution in [0, 0.1) is 0 Å². The molecule has 0 unspecified atom stereocenters. The SMILES string of the molecule is [Si]CC12c3ccccc3C(c3ccccc31)c1ccccc12. The number of benzene rings is 3. The number of hydrogen-bond acceptors (Lipinski definition) is 0. The van der Waals surface area contributed by atoms with Gasteiger partial charge >= 0.3 is 0 Å². The molecule has 0 fully saturated rings. The third-order valence-electron chi connectivity index (χ3n) is 5.46. The normalized spacial score (nSPS) is 23.6.